The maximum atomic E-state index is 11.5. The van der Waals surface area contributed by atoms with Gasteiger partial charge in [0.2, 0.25) is 0 Å². The van der Waals surface area contributed by atoms with Gasteiger partial charge in [-0.2, -0.15) is 0 Å². The molecule has 1 aromatic rings. The first-order valence-electron chi connectivity index (χ1n) is 4.49. The molecule has 0 N–H and O–H groups in total. The smallest absolute Gasteiger partial charge is 0.167 e. The normalized spacial score (nSPS) is 9.67. The van der Waals surface area contributed by atoms with Crippen molar-refractivity contribution in [1.29, 1.82) is 0 Å². The minimum absolute atomic E-state index is 0.194. The SMILES string of the molecule is C=C(CC(=O)c1ccc(C)cc1)C(=O)[O-]. The van der Waals surface area contributed by atoms with Crippen LogP contribution in [0.15, 0.2) is 36.4 Å². The number of ketones is 1. The lowest BCUT2D eigenvalue weighted by Crippen LogP contribution is -2.25. The molecule has 0 atom stereocenters. The van der Waals surface area contributed by atoms with Gasteiger partial charge in [-0.3, -0.25) is 4.79 Å². The zero-order valence-corrected chi connectivity index (χ0v) is 8.45. The Labute approximate surface area is 88.0 Å². The maximum Gasteiger partial charge on any atom is 0.167 e. The van der Waals surface area contributed by atoms with E-state index in [2.05, 4.69) is 6.58 Å². The number of aliphatic carboxylic acids is 1. The van der Waals surface area contributed by atoms with E-state index in [1.807, 2.05) is 6.92 Å². The Morgan fingerprint density at radius 3 is 2.27 bits per heavy atom. The summed E-state index contributed by atoms with van der Waals surface area (Å²) in [6.07, 6.45) is -0.203. The predicted octanol–water partition coefficient (Wildman–Crippen LogP) is 0.874. The third-order valence-electron chi connectivity index (χ3n) is 2.04. The summed E-state index contributed by atoms with van der Waals surface area (Å²) in [5, 5.41) is 10.4. The summed E-state index contributed by atoms with van der Waals surface area (Å²) in [7, 11) is 0. The number of rotatable bonds is 4. The maximum absolute atomic E-state index is 11.5. The van der Waals surface area contributed by atoms with Gasteiger partial charge in [-0.25, -0.2) is 0 Å². The molecule has 3 nitrogen and oxygen atoms in total. The zero-order chi connectivity index (χ0) is 11.4. The number of Topliss-reactive ketones (excluding diaryl/α,β-unsaturated/α-hetero) is 1. The van der Waals surface area contributed by atoms with Gasteiger partial charge >= 0.3 is 0 Å². The molecule has 0 aliphatic heterocycles. The number of benzene rings is 1. The van der Waals surface area contributed by atoms with E-state index in [1.165, 1.54) is 0 Å². The Kier molecular flexibility index (Phi) is 3.39. The zero-order valence-electron chi connectivity index (χ0n) is 8.45. The second-order valence-corrected chi connectivity index (χ2v) is 3.36. The molecule has 78 valence electrons. The summed E-state index contributed by atoms with van der Waals surface area (Å²) in [5.41, 5.74) is 1.34. The Morgan fingerprint density at radius 2 is 1.80 bits per heavy atom. The molecule has 0 heterocycles. The first-order valence-corrected chi connectivity index (χ1v) is 4.49. The van der Waals surface area contributed by atoms with Crippen molar-refractivity contribution in [2.75, 3.05) is 0 Å². The summed E-state index contributed by atoms with van der Waals surface area (Å²) in [6.45, 7) is 5.17. The first kappa shape index (κ1) is 11.2. The standard InChI is InChI=1S/C12H12O3/c1-8-3-5-10(6-4-8)11(13)7-9(2)12(14)15/h3-6H,2,7H2,1H3,(H,14,15)/p-1. The molecule has 1 aromatic carbocycles. The summed E-state index contributed by atoms with van der Waals surface area (Å²) >= 11 is 0. The molecule has 0 aromatic heterocycles. The van der Waals surface area contributed by atoms with Crippen LogP contribution in [0.4, 0.5) is 0 Å². The van der Waals surface area contributed by atoms with E-state index in [-0.39, 0.29) is 17.8 Å². The number of carboxylic acid groups (broad SMARTS) is 1. The van der Waals surface area contributed by atoms with Gasteiger partial charge in [0.15, 0.2) is 5.78 Å². The van der Waals surface area contributed by atoms with E-state index in [9.17, 15) is 14.7 Å². The molecule has 3 heteroatoms. The van der Waals surface area contributed by atoms with Crippen molar-refractivity contribution < 1.29 is 14.7 Å². The first-order chi connectivity index (χ1) is 7.00. The monoisotopic (exact) mass is 203 g/mol. The van der Waals surface area contributed by atoms with Crippen molar-refractivity contribution >= 4 is 11.8 Å². The average molecular weight is 203 g/mol. The van der Waals surface area contributed by atoms with Crippen molar-refractivity contribution in [2.24, 2.45) is 0 Å². The number of hydrogen-bond acceptors (Lipinski definition) is 3. The van der Waals surface area contributed by atoms with Crippen molar-refractivity contribution in [3.8, 4) is 0 Å². The predicted molar refractivity (Wildman–Crippen MR) is 54.3 cm³/mol. The molecule has 0 radical (unpaired) electrons. The highest BCUT2D eigenvalue weighted by atomic mass is 16.4. The lowest BCUT2D eigenvalue weighted by Gasteiger charge is -2.05. The van der Waals surface area contributed by atoms with Crippen LogP contribution >= 0.6 is 0 Å². The van der Waals surface area contributed by atoms with Crippen LogP contribution in [0.5, 0.6) is 0 Å². The Hall–Kier alpha value is -1.90. The quantitative estimate of drug-likeness (QED) is 0.539. The molecule has 0 saturated carbocycles. The van der Waals surface area contributed by atoms with Crippen LogP contribution in [0.25, 0.3) is 0 Å². The topological polar surface area (TPSA) is 57.2 Å². The summed E-state index contributed by atoms with van der Waals surface area (Å²) in [5.74, 6) is -1.64. The minimum atomic E-state index is -1.38. The van der Waals surface area contributed by atoms with Crippen molar-refractivity contribution in [3.63, 3.8) is 0 Å². The van der Waals surface area contributed by atoms with Gasteiger partial charge < -0.3 is 9.90 Å². The number of carbonyl (C=O) groups is 2. The van der Waals surface area contributed by atoms with Gasteiger partial charge in [-0.15, -0.1) is 0 Å². The van der Waals surface area contributed by atoms with E-state index in [0.29, 0.717) is 5.56 Å². The summed E-state index contributed by atoms with van der Waals surface area (Å²) < 4.78 is 0. The Bertz CT molecular complexity index is 401. The lowest BCUT2D eigenvalue weighted by molar-refractivity contribution is -0.299. The fourth-order valence-corrected chi connectivity index (χ4v) is 1.11. The molecule has 0 bridgehead atoms. The lowest BCUT2D eigenvalue weighted by atomic mass is 10.0. The van der Waals surface area contributed by atoms with Crippen LogP contribution in [0.1, 0.15) is 22.3 Å². The number of carboxylic acids is 1. The third kappa shape index (κ3) is 3.06. The van der Waals surface area contributed by atoms with Gasteiger partial charge in [0.05, 0.1) is 5.97 Å². The molecule has 0 spiro atoms. The number of aryl methyl sites for hydroxylation is 1. The highest BCUT2D eigenvalue weighted by molar-refractivity contribution is 6.02. The van der Waals surface area contributed by atoms with Crippen molar-refractivity contribution in [2.45, 2.75) is 13.3 Å². The Balaban J connectivity index is 2.74. The molecular weight excluding hydrogens is 192 g/mol. The van der Waals surface area contributed by atoms with Crippen molar-refractivity contribution in [3.05, 3.63) is 47.5 Å². The summed E-state index contributed by atoms with van der Waals surface area (Å²) in [4.78, 5) is 21.9. The van der Waals surface area contributed by atoms with Gasteiger partial charge in [-0.1, -0.05) is 36.4 Å². The molecule has 0 unspecified atom stereocenters. The van der Waals surface area contributed by atoms with E-state index in [0.717, 1.165) is 5.56 Å². The van der Waals surface area contributed by atoms with Gasteiger partial charge in [0.25, 0.3) is 0 Å². The fraction of sp³-hybridized carbons (Fsp3) is 0.167. The third-order valence-corrected chi connectivity index (χ3v) is 2.04. The van der Waals surface area contributed by atoms with E-state index in [1.54, 1.807) is 24.3 Å². The van der Waals surface area contributed by atoms with Crippen LogP contribution in [-0.4, -0.2) is 11.8 Å². The molecule has 0 fully saturated rings. The number of carbonyl (C=O) groups excluding carboxylic acids is 2. The van der Waals surface area contributed by atoms with Crippen LogP contribution in [0, 0.1) is 6.92 Å². The number of hydrogen-bond donors (Lipinski definition) is 0. The van der Waals surface area contributed by atoms with Crippen molar-refractivity contribution in [1.82, 2.24) is 0 Å². The second kappa shape index (κ2) is 4.55. The van der Waals surface area contributed by atoms with E-state index < -0.39 is 5.97 Å². The summed E-state index contributed by atoms with van der Waals surface area (Å²) in [6, 6.07) is 6.93. The molecule has 0 aliphatic rings. The molecule has 0 amide bonds. The van der Waals surface area contributed by atoms with Crippen LogP contribution < -0.4 is 5.11 Å². The highest BCUT2D eigenvalue weighted by Crippen LogP contribution is 2.09. The van der Waals surface area contributed by atoms with E-state index >= 15 is 0 Å². The molecule has 15 heavy (non-hydrogen) atoms. The van der Waals surface area contributed by atoms with Gasteiger partial charge in [-0.05, 0) is 12.5 Å². The highest BCUT2D eigenvalue weighted by Gasteiger charge is 2.07. The fourth-order valence-electron chi connectivity index (χ4n) is 1.11. The average Bonchev–Trinajstić information content (AvgIpc) is 2.18. The minimum Gasteiger partial charge on any atom is -0.545 e. The Morgan fingerprint density at radius 1 is 1.27 bits per heavy atom. The van der Waals surface area contributed by atoms with Crippen LogP contribution in [-0.2, 0) is 4.79 Å². The van der Waals surface area contributed by atoms with Crippen LogP contribution in [0.3, 0.4) is 0 Å². The van der Waals surface area contributed by atoms with E-state index in [4.69, 9.17) is 0 Å². The van der Waals surface area contributed by atoms with Gasteiger partial charge in [0, 0.05) is 12.0 Å². The molecule has 1 rings (SSSR count). The molecule has 0 aliphatic carbocycles. The molecule has 0 saturated heterocycles. The van der Waals surface area contributed by atoms with Crippen LogP contribution in [0.2, 0.25) is 0 Å². The largest absolute Gasteiger partial charge is 0.545 e. The van der Waals surface area contributed by atoms with Gasteiger partial charge in [0.1, 0.15) is 0 Å². The second-order valence-electron chi connectivity index (χ2n) is 3.36. The molecular formula is C12H11O3-.